The molecule has 0 aromatic heterocycles. The molecule has 1 aliphatic heterocycles. The molecule has 3 aromatic rings. The maximum absolute atomic E-state index is 11.9. The van der Waals surface area contributed by atoms with Gasteiger partial charge in [0.25, 0.3) is 0 Å². The third-order valence-electron chi connectivity index (χ3n) is 5.04. The highest BCUT2D eigenvalue weighted by Gasteiger charge is 2.37. The lowest BCUT2D eigenvalue weighted by molar-refractivity contribution is -0.113. The van der Waals surface area contributed by atoms with Crippen LogP contribution < -0.4 is 0 Å². The van der Waals surface area contributed by atoms with Crippen LogP contribution in [0.15, 0.2) is 84.9 Å². The van der Waals surface area contributed by atoms with Crippen molar-refractivity contribution in [1.29, 1.82) is 0 Å². The molecule has 1 heterocycles. The second kappa shape index (κ2) is 7.04. The summed E-state index contributed by atoms with van der Waals surface area (Å²) >= 11 is 0. The molecule has 1 aliphatic rings. The fourth-order valence-corrected chi connectivity index (χ4v) is 3.85. The van der Waals surface area contributed by atoms with Gasteiger partial charge in [-0.05, 0) is 28.7 Å². The van der Waals surface area contributed by atoms with Gasteiger partial charge in [0, 0.05) is 12.6 Å². The SMILES string of the molecule is O=CC1c2ccccc2C(Cc2ccccc2)N1Cc1ccccc1. The maximum Gasteiger partial charge on any atom is 0.141 e. The molecular formula is C23H21NO. The van der Waals surface area contributed by atoms with E-state index in [2.05, 4.69) is 71.6 Å². The molecule has 0 spiro atoms. The normalized spacial score (nSPS) is 19.5. The van der Waals surface area contributed by atoms with E-state index in [1.54, 1.807) is 0 Å². The summed E-state index contributed by atoms with van der Waals surface area (Å²) in [6, 6.07) is 29.3. The Morgan fingerprint density at radius 3 is 1.92 bits per heavy atom. The first-order valence-corrected chi connectivity index (χ1v) is 8.74. The molecule has 3 aromatic carbocycles. The van der Waals surface area contributed by atoms with Gasteiger partial charge >= 0.3 is 0 Å². The van der Waals surface area contributed by atoms with E-state index in [1.807, 2.05) is 18.2 Å². The Kier molecular flexibility index (Phi) is 4.45. The van der Waals surface area contributed by atoms with Crippen LogP contribution >= 0.6 is 0 Å². The van der Waals surface area contributed by atoms with Crippen LogP contribution in [-0.4, -0.2) is 11.2 Å². The molecule has 4 rings (SSSR count). The first-order valence-electron chi connectivity index (χ1n) is 8.74. The van der Waals surface area contributed by atoms with Crippen molar-refractivity contribution >= 4 is 6.29 Å². The standard InChI is InChI=1S/C23H21NO/c25-17-23-21-14-8-7-13-20(21)22(15-18-9-3-1-4-10-18)24(23)16-19-11-5-2-6-12-19/h1-14,17,22-23H,15-16H2. The molecule has 25 heavy (non-hydrogen) atoms. The molecule has 2 heteroatoms. The van der Waals surface area contributed by atoms with Gasteiger partial charge in [-0.25, -0.2) is 0 Å². The molecule has 2 nitrogen and oxygen atoms in total. The predicted octanol–water partition coefficient (Wildman–Crippen LogP) is 4.73. The third kappa shape index (κ3) is 3.13. The average Bonchev–Trinajstić information content (AvgIpc) is 2.96. The molecule has 2 unspecified atom stereocenters. The van der Waals surface area contributed by atoms with Crippen LogP contribution in [0.1, 0.15) is 34.3 Å². The molecule has 0 amide bonds. The molecule has 2 atom stereocenters. The number of hydrogen-bond acceptors (Lipinski definition) is 2. The molecule has 0 bridgehead atoms. The smallest absolute Gasteiger partial charge is 0.141 e. The van der Waals surface area contributed by atoms with E-state index in [0.717, 1.165) is 24.8 Å². The summed E-state index contributed by atoms with van der Waals surface area (Å²) in [6.07, 6.45) is 2.00. The number of carbonyl (C=O) groups is 1. The molecule has 0 fully saturated rings. The van der Waals surface area contributed by atoms with Gasteiger partial charge in [-0.15, -0.1) is 0 Å². The predicted molar refractivity (Wildman–Crippen MR) is 100 cm³/mol. The second-order valence-corrected chi connectivity index (χ2v) is 6.57. The summed E-state index contributed by atoms with van der Waals surface area (Å²) in [5, 5.41) is 0. The highest BCUT2D eigenvalue weighted by Crippen LogP contribution is 2.43. The van der Waals surface area contributed by atoms with Crippen LogP contribution in [0.25, 0.3) is 0 Å². The number of carbonyl (C=O) groups excluding carboxylic acids is 1. The minimum atomic E-state index is -0.176. The van der Waals surface area contributed by atoms with Crippen LogP contribution in [0.2, 0.25) is 0 Å². The average molecular weight is 327 g/mol. The lowest BCUT2D eigenvalue weighted by Gasteiger charge is -2.28. The molecule has 0 saturated heterocycles. The zero-order valence-electron chi connectivity index (χ0n) is 14.1. The van der Waals surface area contributed by atoms with Gasteiger partial charge in [-0.2, -0.15) is 0 Å². The van der Waals surface area contributed by atoms with Crippen LogP contribution in [-0.2, 0) is 17.8 Å². The van der Waals surface area contributed by atoms with Crippen molar-refractivity contribution in [3.63, 3.8) is 0 Å². The zero-order chi connectivity index (χ0) is 17.1. The second-order valence-electron chi connectivity index (χ2n) is 6.57. The molecule has 0 N–H and O–H groups in total. The van der Waals surface area contributed by atoms with Crippen molar-refractivity contribution in [2.45, 2.75) is 25.0 Å². The summed E-state index contributed by atoms with van der Waals surface area (Å²) in [5.74, 6) is 0. The van der Waals surface area contributed by atoms with E-state index >= 15 is 0 Å². The van der Waals surface area contributed by atoms with Crippen molar-refractivity contribution in [2.24, 2.45) is 0 Å². The largest absolute Gasteiger partial charge is 0.301 e. The molecule has 0 aliphatic carbocycles. The molecule has 124 valence electrons. The summed E-state index contributed by atoms with van der Waals surface area (Å²) in [7, 11) is 0. The minimum absolute atomic E-state index is 0.176. The first-order chi connectivity index (χ1) is 12.4. The summed E-state index contributed by atoms with van der Waals surface area (Å²) < 4.78 is 0. The zero-order valence-corrected chi connectivity index (χ0v) is 14.1. The Bertz CT molecular complexity index is 844. The molecular weight excluding hydrogens is 306 g/mol. The fourth-order valence-electron chi connectivity index (χ4n) is 3.85. The van der Waals surface area contributed by atoms with Crippen molar-refractivity contribution in [3.05, 3.63) is 107 Å². The number of rotatable bonds is 5. The fraction of sp³-hybridized carbons (Fsp3) is 0.174. The molecule has 0 saturated carbocycles. The van der Waals surface area contributed by atoms with E-state index in [0.29, 0.717) is 0 Å². The van der Waals surface area contributed by atoms with Crippen molar-refractivity contribution < 1.29 is 4.79 Å². The number of benzene rings is 3. The third-order valence-corrected chi connectivity index (χ3v) is 5.04. The summed E-state index contributed by atoms with van der Waals surface area (Å²) in [5.41, 5.74) is 4.96. The highest BCUT2D eigenvalue weighted by molar-refractivity contribution is 5.65. The van der Waals surface area contributed by atoms with Crippen LogP contribution in [0, 0.1) is 0 Å². The van der Waals surface area contributed by atoms with Gasteiger partial charge in [0.2, 0.25) is 0 Å². The quantitative estimate of drug-likeness (QED) is 0.632. The van der Waals surface area contributed by atoms with Gasteiger partial charge in [0.1, 0.15) is 6.29 Å². The van der Waals surface area contributed by atoms with E-state index in [4.69, 9.17) is 0 Å². The van der Waals surface area contributed by atoms with E-state index in [9.17, 15) is 4.79 Å². The Balaban J connectivity index is 1.72. The summed E-state index contributed by atoms with van der Waals surface area (Å²) in [6.45, 7) is 0.774. The lowest BCUT2D eigenvalue weighted by atomic mass is 9.97. The van der Waals surface area contributed by atoms with Crippen LogP contribution in [0.5, 0.6) is 0 Å². The Morgan fingerprint density at radius 2 is 1.28 bits per heavy atom. The molecule has 0 radical (unpaired) electrons. The first kappa shape index (κ1) is 15.8. The van der Waals surface area contributed by atoms with Crippen molar-refractivity contribution in [1.82, 2.24) is 4.90 Å². The van der Waals surface area contributed by atoms with E-state index in [-0.39, 0.29) is 12.1 Å². The Morgan fingerprint density at radius 1 is 0.720 bits per heavy atom. The summed E-state index contributed by atoms with van der Waals surface area (Å²) in [4.78, 5) is 14.3. The number of hydrogen-bond donors (Lipinski definition) is 0. The lowest BCUT2D eigenvalue weighted by Crippen LogP contribution is -2.28. The van der Waals surface area contributed by atoms with Gasteiger partial charge in [0.15, 0.2) is 0 Å². The number of nitrogens with zero attached hydrogens (tertiary/aromatic N) is 1. The topological polar surface area (TPSA) is 20.3 Å². The van der Waals surface area contributed by atoms with E-state index < -0.39 is 0 Å². The van der Waals surface area contributed by atoms with Crippen LogP contribution in [0.4, 0.5) is 0 Å². The van der Waals surface area contributed by atoms with Gasteiger partial charge in [-0.3, -0.25) is 4.90 Å². The number of aldehydes is 1. The van der Waals surface area contributed by atoms with Gasteiger partial charge in [0.05, 0.1) is 6.04 Å². The Labute approximate surface area is 148 Å². The highest BCUT2D eigenvalue weighted by atomic mass is 16.1. The van der Waals surface area contributed by atoms with Crippen LogP contribution in [0.3, 0.4) is 0 Å². The number of fused-ring (bicyclic) bond motifs is 1. The van der Waals surface area contributed by atoms with Gasteiger partial charge < -0.3 is 4.79 Å². The van der Waals surface area contributed by atoms with Crippen molar-refractivity contribution in [2.75, 3.05) is 0 Å². The monoisotopic (exact) mass is 327 g/mol. The minimum Gasteiger partial charge on any atom is -0.301 e. The van der Waals surface area contributed by atoms with Crippen molar-refractivity contribution in [3.8, 4) is 0 Å². The van der Waals surface area contributed by atoms with Gasteiger partial charge in [-0.1, -0.05) is 84.9 Å². The Hall–Kier alpha value is -2.71. The van der Waals surface area contributed by atoms with E-state index in [1.165, 1.54) is 16.7 Å². The maximum atomic E-state index is 11.9.